The topological polar surface area (TPSA) is 73.9 Å². The first-order chi connectivity index (χ1) is 13.5. The summed E-state index contributed by atoms with van der Waals surface area (Å²) in [5.41, 5.74) is 3.65. The molecular formula is C22H27NO5. The first-order valence-corrected chi connectivity index (χ1v) is 9.29. The van der Waals surface area contributed by atoms with E-state index in [0.717, 1.165) is 29.7 Å². The maximum absolute atomic E-state index is 12.3. The van der Waals surface area contributed by atoms with Gasteiger partial charge in [-0.3, -0.25) is 9.59 Å². The van der Waals surface area contributed by atoms with Crippen LogP contribution in [0.1, 0.15) is 30.5 Å². The second kappa shape index (κ2) is 10.3. The minimum absolute atomic E-state index is 0.0411. The molecule has 0 aromatic heterocycles. The zero-order chi connectivity index (χ0) is 20.5. The van der Waals surface area contributed by atoms with Crippen LogP contribution in [0.5, 0.6) is 11.5 Å². The lowest BCUT2D eigenvalue weighted by Gasteiger charge is -2.14. The minimum Gasteiger partial charge on any atom is -0.493 e. The summed E-state index contributed by atoms with van der Waals surface area (Å²) in [6.07, 6.45) is 1.66. The lowest BCUT2D eigenvalue weighted by molar-refractivity contribution is -0.146. The van der Waals surface area contributed by atoms with Gasteiger partial charge >= 0.3 is 5.97 Å². The van der Waals surface area contributed by atoms with E-state index < -0.39 is 5.97 Å². The first kappa shape index (κ1) is 21.3. The molecule has 150 valence electrons. The Morgan fingerprint density at radius 2 is 1.57 bits per heavy atom. The molecule has 28 heavy (non-hydrogen) atoms. The average Bonchev–Trinajstić information content (AvgIpc) is 2.72. The Morgan fingerprint density at radius 1 is 0.929 bits per heavy atom. The van der Waals surface area contributed by atoms with Gasteiger partial charge in [0.1, 0.15) is 0 Å². The number of carbonyl (C=O) groups excluding carboxylic acids is 2. The van der Waals surface area contributed by atoms with Gasteiger partial charge in [0, 0.05) is 5.69 Å². The molecule has 0 saturated carbocycles. The first-order valence-electron chi connectivity index (χ1n) is 9.29. The van der Waals surface area contributed by atoms with Gasteiger partial charge in [0.2, 0.25) is 0 Å². The fourth-order valence-electron chi connectivity index (χ4n) is 2.93. The van der Waals surface area contributed by atoms with E-state index in [1.165, 1.54) is 7.11 Å². The summed E-state index contributed by atoms with van der Waals surface area (Å²) in [6, 6.07) is 11.1. The van der Waals surface area contributed by atoms with Crippen LogP contribution in [0.25, 0.3) is 0 Å². The molecule has 1 amide bonds. The number of aryl methyl sites for hydroxylation is 2. The molecule has 6 heteroatoms. The van der Waals surface area contributed by atoms with Crippen molar-refractivity contribution in [3.63, 3.8) is 0 Å². The highest BCUT2D eigenvalue weighted by Crippen LogP contribution is 2.27. The van der Waals surface area contributed by atoms with E-state index in [1.807, 2.05) is 32.0 Å². The van der Waals surface area contributed by atoms with Gasteiger partial charge in [-0.1, -0.05) is 38.1 Å². The zero-order valence-electron chi connectivity index (χ0n) is 16.8. The Kier molecular flexibility index (Phi) is 7.87. The second-order valence-corrected chi connectivity index (χ2v) is 6.23. The molecule has 0 aliphatic carbocycles. The van der Waals surface area contributed by atoms with Gasteiger partial charge in [-0.05, 0) is 41.7 Å². The summed E-state index contributed by atoms with van der Waals surface area (Å²) in [6.45, 7) is 3.74. The molecule has 2 rings (SSSR count). The van der Waals surface area contributed by atoms with Crippen molar-refractivity contribution in [2.24, 2.45) is 0 Å². The molecule has 0 atom stereocenters. The molecule has 0 aliphatic heterocycles. The molecule has 0 spiro atoms. The van der Waals surface area contributed by atoms with Crippen LogP contribution < -0.4 is 14.8 Å². The third-order valence-corrected chi connectivity index (χ3v) is 4.42. The summed E-state index contributed by atoms with van der Waals surface area (Å²) in [4.78, 5) is 24.4. The number of rotatable bonds is 9. The lowest BCUT2D eigenvalue weighted by atomic mass is 10.0. The average molecular weight is 385 g/mol. The predicted molar refractivity (Wildman–Crippen MR) is 108 cm³/mol. The monoisotopic (exact) mass is 385 g/mol. The van der Waals surface area contributed by atoms with Crippen molar-refractivity contribution in [3.8, 4) is 11.5 Å². The fourth-order valence-corrected chi connectivity index (χ4v) is 2.93. The van der Waals surface area contributed by atoms with Crippen LogP contribution in [-0.4, -0.2) is 32.7 Å². The zero-order valence-corrected chi connectivity index (χ0v) is 16.8. The van der Waals surface area contributed by atoms with Crippen LogP contribution in [0.3, 0.4) is 0 Å². The molecule has 6 nitrogen and oxygen atoms in total. The number of ether oxygens (including phenoxy) is 3. The summed E-state index contributed by atoms with van der Waals surface area (Å²) < 4.78 is 15.5. The maximum atomic E-state index is 12.3. The van der Waals surface area contributed by atoms with E-state index in [2.05, 4.69) is 5.32 Å². The van der Waals surface area contributed by atoms with E-state index in [4.69, 9.17) is 14.2 Å². The summed E-state index contributed by atoms with van der Waals surface area (Å²) in [5, 5.41) is 2.88. The number of nitrogens with one attached hydrogen (secondary N) is 1. The van der Waals surface area contributed by atoms with Crippen LogP contribution >= 0.6 is 0 Å². The Hall–Kier alpha value is -3.02. The van der Waals surface area contributed by atoms with Crippen molar-refractivity contribution in [1.29, 1.82) is 0 Å². The van der Waals surface area contributed by atoms with Gasteiger partial charge in [-0.2, -0.15) is 0 Å². The number of esters is 1. The number of amides is 1. The van der Waals surface area contributed by atoms with Gasteiger partial charge in [0.15, 0.2) is 18.1 Å². The molecule has 0 fully saturated rings. The quantitative estimate of drug-likeness (QED) is 0.668. The van der Waals surface area contributed by atoms with Gasteiger partial charge in [-0.25, -0.2) is 0 Å². The SMILES string of the molecule is CCc1cccc(CC)c1NC(=O)COC(=O)Cc1ccc(OC)c(OC)c1. The normalized spacial score (nSPS) is 10.3. The standard InChI is InChI=1S/C22H27NO5/c1-5-16-8-7-9-17(6-2)22(16)23-20(24)14-28-21(25)13-15-10-11-18(26-3)19(12-15)27-4/h7-12H,5-6,13-14H2,1-4H3,(H,23,24). The number of hydrogen-bond acceptors (Lipinski definition) is 5. The Balaban J connectivity index is 1.94. The number of methoxy groups -OCH3 is 2. The molecule has 0 saturated heterocycles. The lowest BCUT2D eigenvalue weighted by Crippen LogP contribution is -2.23. The Bertz CT molecular complexity index is 809. The molecule has 2 aromatic carbocycles. The van der Waals surface area contributed by atoms with Crippen LogP contribution in [0.4, 0.5) is 5.69 Å². The predicted octanol–water partition coefficient (Wildman–Crippen LogP) is 3.55. The van der Waals surface area contributed by atoms with E-state index in [-0.39, 0.29) is 18.9 Å². The van der Waals surface area contributed by atoms with Gasteiger partial charge in [-0.15, -0.1) is 0 Å². The maximum Gasteiger partial charge on any atom is 0.310 e. The number of carbonyl (C=O) groups is 2. The molecular weight excluding hydrogens is 358 g/mol. The highest BCUT2D eigenvalue weighted by molar-refractivity contribution is 5.94. The van der Waals surface area contributed by atoms with Crippen LogP contribution in [-0.2, 0) is 33.6 Å². The van der Waals surface area contributed by atoms with Gasteiger partial charge < -0.3 is 19.5 Å². The minimum atomic E-state index is -0.484. The van der Waals surface area contributed by atoms with E-state index in [0.29, 0.717) is 17.1 Å². The highest BCUT2D eigenvalue weighted by Gasteiger charge is 2.13. The highest BCUT2D eigenvalue weighted by atomic mass is 16.5. The third-order valence-electron chi connectivity index (χ3n) is 4.42. The van der Waals surface area contributed by atoms with Crippen molar-refractivity contribution >= 4 is 17.6 Å². The van der Waals surface area contributed by atoms with Crippen LogP contribution in [0.2, 0.25) is 0 Å². The molecule has 0 aliphatic rings. The van der Waals surface area contributed by atoms with E-state index >= 15 is 0 Å². The number of anilines is 1. The van der Waals surface area contributed by atoms with Gasteiger partial charge in [0.25, 0.3) is 5.91 Å². The molecule has 0 radical (unpaired) electrons. The molecule has 2 aromatic rings. The Labute approximate surface area is 165 Å². The van der Waals surface area contributed by atoms with Crippen molar-refractivity contribution in [1.82, 2.24) is 0 Å². The van der Waals surface area contributed by atoms with Gasteiger partial charge in [0.05, 0.1) is 20.6 Å². The van der Waals surface area contributed by atoms with Crippen molar-refractivity contribution in [2.45, 2.75) is 33.1 Å². The van der Waals surface area contributed by atoms with Crippen molar-refractivity contribution in [3.05, 3.63) is 53.1 Å². The van der Waals surface area contributed by atoms with E-state index in [1.54, 1.807) is 25.3 Å². The number of hydrogen-bond donors (Lipinski definition) is 1. The Morgan fingerprint density at radius 3 is 2.14 bits per heavy atom. The fraction of sp³-hybridized carbons (Fsp3) is 0.364. The largest absolute Gasteiger partial charge is 0.493 e. The third kappa shape index (κ3) is 5.49. The number of benzene rings is 2. The van der Waals surface area contributed by atoms with E-state index in [9.17, 15) is 9.59 Å². The second-order valence-electron chi connectivity index (χ2n) is 6.23. The molecule has 0 unspecified atom stereocenters. The van der Waals surface area contributed by atoms with Crippen molar-refractivity contribution in [2.75, 3.05) is 26.1 Å². The summed E-state index contributed by atoms with van der Waals surface area (Å²) >= 11 is 0. The van der Waals surface area contributed by atoms with Crippen LogP contribution in [0.15, 0.2) is 36.4 Å². The molecule has 0 bridgehead atoms. The number of para-hydroxylation sites is 1. The van der Waals surface area contributed by atoms with Crippen LogP contribution in [0, 0.1) is 0 Å². The van der Waals surface area contributed by atoms with Crippen molar-refractivity contribution < 1.29 is 23.8 Å². The molecule has 0 heterocycles. The summed E-state index contributed by atoms with van der Waals surface area (Å²) in [5.74, 6) is 0.284. The molecule has 1 N–H and O–H groups in total. The smallest absolute Gasteiger partial charge is 0.310 e. The summed E-state index contributed by atoms with van der Waals surface area (Å²) in [7, 11) is 3.08.